The second kappa shape index (κ2) is 15.2. The molecule has 2 aliphatic heterocycles. The van der Waals surface area contributed by atoms with Gasteiger partial charge in [-0.2, -0.15) is 0 Å². The van der Waals surface area contributed by atoms with Gasteiger partial charge in [-0.15, -0.1) is 45.3 Å². The number of fused-ring (bicyclic) bond motifs is 16. The van der Waals surface area contributed by atoms with Crippen LogP contribution in [-0.4, -0.2) is 6.71 Å². The summed E-state index contributed by atoms with van der Waals surface area (Å²) in [6.45, 7) is -0.0590. The molecular weight excluding hydrogens is 960 g/mol. The van der Waals surface area contributed by atoms with Gasteiger partial charge in [0.2, 0.25) is 0 Å². The molecule has 0 saturated heterocycles. The molecule has 2 nitrogen and oxygen atoms in total. The number of nitrogens with zero attached hydrogens (tertiary/aromatic N) is 2. The molecule has 17 rings (SSSR count). The lowest BCUT2D eigenvalue weighted by Crippen LogP contribution is -2.61. The predicted octanol–water partition coefficient (Wildman–Crippen LogP) is 18.6. The fourth-order valence-corrected chi connectivity index (χ4v) is 17.4. The van der Waals surface area contributed by atoms with Crippen LogP contribution in [0.4, 0.5) is 34.1 Å². The van der Waals surface area contributed by atoms with Crippen LogP contribution < -0.4 is 26.2 Å². The molecule has 0 unspecified atom stereocenters. The fourth-order valence-electron chi connectivity index (χ4n) is 12.6. The standard InChI is InChI=1S/C66H37BN2S4/c1-3-16-38(17-4-1)62-50(32-30-44-40-20-7-13-28-58(40)72-65(44)62)68-52-24-15-25-53-64(52)67(48-34-46-42-22-9-11-26-56(42)70-60(46)36-54(48)68)49-35-47-43-23-10-12-27-57(43)71-61(47)37-55(49)69(53)51-33-31-45-41-21-8-14-29-59(41)73-66(45)63(51)39-18-5-2-6-19-39/h1-37H. The van der Waals surface area contributed by atoms with E-state index in [1.54, 1.807) is 0 Å². The van der Waals surface area contributed by atoms with Crippen molar-refractivity contribution in [3.63, 3.8) is 0 Å². The van der Waals surface area contributed by atoms with Crippen LogP contribution in [0.25, 0.3) is 103 Å². The van der Waals surface area contributed by atoms with E-state index >= 15 is 0 Å². The van der Waals surface area contributed by atoms with Gasteiger partial charge in [-0.3, -0.25) is 0 Å². The average molecular weight is 997 g/mol. The Bertz CT molecular complexity index is 4530. The Morgan fingerprint density at radius 1 is 0.260 bits per heavy atom. The normalized spacial score (nSPS) is 13.1. The van der Waals surface area contributed by atoms with E-state index in [0.717, 1.165) is 0 Å². The molecule has 15 aromatic rings. The lowest BCUT2D eigenvalue weighted by atomic mass is 9.33. The molecule has 0 radical (unpaired) electrons. The summed E-state index contributed by atoms with van der Waals surface area (Å²) < 4.78 is 10.5. The molecule has 0 atom stereocenters. The summed E-state index contributed by atoms with van der Waals surface area (Å²) in [4.78, 5) is 5.30. The summed E-state index contributed by atoms with van der Waals surface area (Å²) in [6, 6.07) is 85.0. The minimum Gasteiger partial charge on any atom is -0.311 e. The lowest BCUT2D eigenvalue weighted by Gasteiger charge is -2.45. The largest absolute Gasteiger partial charge is 0.311 e. The quantitative estimate of drug-likeness (QED) is 0.162. The first kappa shape index (κ1) is 40.5. The van der Waals surface area contributed by atoms with Gasteiger partial charge in [-0.1, -0.05) is 164 Å². The number of anilines is 6. The van der Waals surface area contributed by atoms with E-state index in [9.17, 15) is 0 Å². The van der Waals surface area contributed by atoms with Gasteiger partial charge in [0.25, 0.3) is 6.71 Å². The van der Waals surface area contributed by atoms with E-state index in [2.05, 4.69) is 234 Å². The number of benzene rings is 11. The van der Waals surface area contributed by atoms with E-state index in [-0.39, 0.29) is 6.71 Å². The summed E-state index contributed by atoms with van der Waals surface area (Å²) in [7, 11) is 0. The Morgan fingerprint density at radius 3 is 1.08 bits per heavy atom. The molecule has 0 fully saturated rings. The van der Waals surface area contributed by atoms with Gasteiger partial charge in [-0.05, 0) is 99.0 Å². The number of hydrogen-bond donors (Lipinski definition) is 0. The Kier molecular flexibility index (Phi) is 8.47. The Balaban J connectivity index is 1.03. The summed E-state index contributed by atoms with van der Waals surface area (Å²) in [5, 5.41) is 10.5. The van der Waals surface area contributed by atoms with E-state index in [0.29, 0.717) is 0 Å². The van der Waals surface area contributed by atoms with Gasteiger partial charge in [-0.25, -0.2) is 0 Å². The van der Waals surface area contributed by atoms with Crippen molar-refractivity contribution in [2.45, 2.75) is 0 Å². The average Bonchev–Trinajstić information content (AvgIpc) is 4.23. The Morgan fingerprint density at radius 2 is 0.644 bits per heavy atom. The van der Waals surface area contributed by atoms with Crippen molar-refractivity contribution < 1.29 is 0 Å². The minimum atomic E-state index is -0.0590. The van der Waals surface area contributed by atoms with Gasteiger partial charge in [0.1, 0.15) is 0 Å². The van der Waals surface area contributed by atoms with E-state index in [1.807, 2.05) is 45.3 Å². The zero-order chi connectivity index (χ0) is 47.5. The van der Waals surface area contributed by atoms with E-state index in [4.69, 9.17) is 0 Å². The highest BCUT2D eigenvalue weighted by Crippen LogP contribution is 2.54. The maximum atomic E-state index is 2.65. The lowest BCUT2D eigenvalue weighted by molar-refractivity contribution is 1.26. The van der Waals surface area contributed by atoms with Crippen LogP contribution >= 0.6 is 45.3 Å². The zero-order valence-corrected chi connectivity index (χ0v) is 42.2. The van der Waals surface area contributed by atoms with Crippen LogP contribution in [-0.2, 0) is 0 Å². The second-order valence-corrected chi connectivity index (χ2v) is 23.7. The van der Waals surface area contributed by atoms with Gasteiger partial charge in [0, 0.05) is 104 Å². The molecule has 0 bridgehead atoms. The summed E-state index contributed by atoms with van der Waals surface area (Å²) in [5.41, 5.74) is 16.2. The molecule has 4 aromatic heterocycles. The molecule has 0 aliphatic carbocycles. The highest BCUT2D eigenvalue weighted by atomic mass is 32.1. The van der Waals surface area contributed by atoms with Crippen molar-refractivity contribution in [1.29, 1.82) is 0 Å². The molecule has 0 N–H and O–H groups in total. The van der Waals surface area contributed by atoms with Crippen molar-refractivity contribution in [1.82, 2.24) is 0 Å². The molecule has 0 spiro atoms. The van der Waals surface area contributed by atoms with Crippen LogP contribution in [0, 0.1) is 0 Å². The highest BCUT2D eigenvalue weighted by Gasteiger charge is 2.45. The summed E-state index contributed by atoms with van der Waals surface area (Å²) in [5.74, 6) is 0. The van der Waals surface area contributed by atoms with Crippen molar-refractivity contribution in [3.05, 3.63) is 224 Å². The molecule has 0 amide bonds. The molecule has 0 saturated carbocycles. The topological polar surface area (TPSA) is 6.48 Å². The first-order valence-corrected chi connectivity index (χ1v) is 28.1. The number of rotatable bonds is 4. The van der Waals surface area contributed by atoms with Crippen LogP contribution in [0.1, 0.15) is 0 Å². The smallest absolute Gasteiger partial charge is 0.252 e. The Hall–Kier alpha value is -8.04. The number of hydrogen-bond acceptors (Lipinski definition) is 6. The molecule has 2 aliphatic rings. The van der Waals surface area contributed by atoms with Crippen molar-refractivity contribution >= 4 is 183 Å². The molecule has 7 heteroatoms. The Labute approximate surface area is 436 Å². The van der Waals surface area contributed by atoms with Crippen molar-refractivity contribution in [3.8, 4) is 22.3 Å². The number of thiophene rings is 4. The van der Waals surface area contributed by atoms with E-state index < -0.39 is 0 Å². The molecule has 338 valence electrons. The van der Waals surface area contributed by atoms with Crippen LogP contribution in [0.15, 0.2) is 224 Å². The molecule has 73 heavy (non-hydrogen) atoms. The highest BCUT2D eigenvalue weighted by molar-refractivity contribution is 7.27. The first-order valence-electron chi connectivity index (χ1n) is 24.8. The van der Waals surface area contributed by atoms with Gasteiger partial charge < -0.3 is 9.80 Å². The maximum absolute atomic E-state index is 2.65. The maximum Gasteiger partial charge on any atom is 0.252 e. The van der Waals surface area contributed by atoms with E-state index in [1.165, 1.54) is 153 Å². The minimum absolute atomic E-state index is 0.0590. The molecule has 11 aromatic carbocycles. The van der Waals surface area contributed by atoms with Crippen molar-refractivity contribution in [2.75, 3.05) is 9.80 Å². The van der Waals surface area contributed by atoms with Gasteiger partial charge in [0.15, 0.2) is 0 Å². The van der Waals surface area contributed by atoms with Crippen molar-refractivity contribution in [2.24, 2.45) is 0 Å². The monoisotopic (exact) mass is 996 g/mol. The predicted molar refractivity (Wildman–Crippen MR) is 323 cm³/mol. The van der Waals surface area contributed by atoms with Gasteiger partial charge in [0.05, 0.1) is 11.4 Å². The first-order chi connectivity index (χ1) is 36.2. The van der Waals surface area contributed by atoms with Crippen LogP contribution in [0.3, 0.4) is 0 Å². The second-order valence-electron chi connectivity index (χ2n) is 19.4. The molecule has 6 heterocycles. The third-order valence-electron chi connectivity index (χ3n) is 15.6. The molecular formula is C66H37BN2S4. The summed E-state index contributed by atoms with van der Waals surface area (Å²) >= 11 is 7.63. The van der Waals surface area contributed by atoms with Crippen LogP contribution in [0.5, 0.6) is 0 Å². The van der Waals surface area contributed by atoms with Crippen LogP contribution in [0.2, 0.25) is 0 Å². The third-order valence-corrected chi connectivity index (χ3v) is 20.3. The van der Waals surface area contributed by atoms with Gasteiger partial charge >= 0.3 is 0 Å². The summed E-state index contributed by atoms with van der Waals surface area (Å²) in [6.07, 6.45) is 0. The SMILES string of the molecule is c1ccc(-c2c(N3c4cc5sc6ccccc6c5cc4B4c5cc6c(cc5N(c5ccc7c(sc8ccccc87)c5-c5ccccc5)c5cccc3c54)sc3ccccc36)ccc3c2sc2ccccc23)cc1. The third kappa shape index (κ3) is 5.68. The fraction of sp³-hybridized carbons (Fsp3) is 0. The zero-order valence-electron chi connectivity index (χ0n) is 39.0.